The molecule has 0 spiro atoms. The van der Waals surface area contributed by atoms with Crippen molar-refractivity contribution < 1.29 is 66.4 Å². The van der Waals surface area contributed by atoms with Crippen molar-refractivity contribution in [2.75, 3.05) is 29.5 Å². The number of allylic oxidation sites excluding steroid dienone is 8. The molecule has 0 saturated heterocycles. The SMILES string of the molecule is CC1(C)C(=CC=CC(=CC=CC2=[N+](CCS(=O)(=O)O)c3ccc(S(=O)(=O)O)cc3C2(C)C)CCCCC(=O)O)N(CCS(=O)(=O)[O-])c2ccc(S(=O)(=O)O)cc21. The van der Waals surface area contributed by atoms with Crippen molar-refractivity contribution in [3.63, 3.8) is 0 Å². The molecule has 0 atom stereocenters. The summed E-state index contributed by atoms with van der Waals surface area (Å²) in [5, 5.41) is 9.15. The van der Waals surface area contributed by atoms with Gasteiger partial charge in [0.2, 0.25) is 5.69 Å². The van der Waals surface area contributed by atoms with Gasteiger partial charge in [-0.05, 0) is 80.7 Å². The molecular weight excluding hydrogens is 813 g/mol. The Kier molecular flexibility index (Phi) is 13.1. The van der Waals surface area contributed by atoms with Crippen LogP contribution in [0.3, 0.4) is 0 Å². The van der Waals surface area contributed by atoms with Crippen LogP contribution in [-0.2, 0) is 56.1 Å². The van der Waals surface area contributed by atoms with Crippen molar-refractivity contribution in [3.8, 4) is 0 Å². The fraction of sp³-hybridized carbons (Fsp3) is 0.389. The van der Waals surface area contributed by atoms with Gasteiger partial charge in [0.25, 0.3) is 30.4 Å². The quantitative estimate of drug-likeness (QED) is 0.0746. The predicted molar refractivity (Wildman–Crippen MR) is 207 cm³/mol. The molecule has 0 amide bonds. The van der Waals surface area contributed by atoms with Gasteiger partial charge in [-0.2, -0.15) is 29.8 Å². The van der Waals surface area contributed by atoms with Crippen LogP contribution in [0.15, 0.2) is 93.9 Å². The largest absolute Gasteiger partial charge is 0.748 e. The van der Waals surface area contributed by atoms with E-state index in [1.165, 1.54) is 36.4 Å². The number of anilines is 1. The van der Waals surface area contributed by atoms with Crippen LogP contribution in [0, 0.1) is 0 Å². The van der Waals surface area contributed by atoms with Crippen LogP contribution in [0.2, 0.25) is 0 Å². The van der Waals surface area contributed by atoms with E-state index in [-0.39, 0.29) is 29.3 Å². The van der Waals surface area contributed by atoms with Gasteiger partial charge in [-0.3, -0.25) is 18.5 Å². The summed E-state index contributed by atoms with van der Waals surface area (Å²) in [6.45, 7) is 6.65. The summed E-state index contributed by atoms with van der Waals surface area (Å²) in [5.74, 6) is -2.35. The summed E-state index contributed by atoms with van der Waals surface area (Å²) >= 11 is 0. The Morgan fingerprint density at radius 2 is 1.39 bits per heavy atom. The van der Waals surface area contributed by atoms with E-state index in [1.807, 2.05) is 0 Å². The van der Waals surface area contributed by atoms with Crippen molar-refractivity contribution in [3.05, 3.63) is 95.3 Å². The molecule has 0 aliphatic carbocycles. The van der Waals surface area contributed by atoms with E-state index in [0.717, 1.165) is 0 Å². The molecule has 2 aromatic rings. The van der Waals surface area contributed by atoms with Crippen molar-refractivity contribution >= 4 is 63.5 Å². The van der Waals surface area contributed by atoms with Crippen molar-refractivity contribution in [1.29, 1.82) is 0 Å². The molecular formula is C36H44N2O14S4. The van der Waals surface area contributed by atoms with Gasteiger partial charge in [-0.25, -0.2) is 8.42 Å². The zero-order valence-corrected chi connectivity index (χ0v) is 34.2. The zero-order chi connectivity index (χ0) is 42.1. The van der Waals surface area contributed by atoms with Gasteiger partial charge in [0, 0.05) is 47.5 Å². The first-order valence-corrected chi connectivity index (χ1v) is 23.2. The van der Waals surface area contributed by atoms with Gasteiger partial charge in [-0.1, -0.05) is 38.2 Å². The number of hydrogen-bond acceptors (Lipinski definition) is 11. The lowest BCUT2D eigenvalue weighted by Gasteiger charge is -2.27. The molecule has 0 radical (unpaired) electrons. The second kappa shape index (κ2) is 16.5. The van der Waals surface area contributed by atoms with E-state index in [9.17, 15) is 56.7 Å². The fourth-order valence-corrected chi connectivity index (χ4v) is 8.71. The molecule has 2 aliphatic rings. The second-order valence-electron chi connectivity index (χ2n) is 14.4. The van der Waals surface area contributed by atoms with Crippen LogP contribution >= 0.6 is 0 Å². The molecule has 2 aliphatic heterocycles. The molecule has 2 heterocycles. The number of benzene rings is 2. The monoisotopic (exact) mass is 856 g/mol. The average molecular weight is 857 g/mol. The minimum Gasteiger partial charge on any atom is -0.748 e. The van der Waals surface area contributed by atoms with Crippen molar-refractivity contribution in [2.45, 2.75) is 74.0 Å². The highest BCUT2D eigenvalue weighted by Crippen LogP contribution is 2.48. The van der Waals surface area contributed by atoms with E-state index < -0.39 is 68.8 Å². The minimum atomic E-state index is -4.64. The summed E-state index contributed by atoms with van der Waals surface area (Å²) in [7, 11) is -18.2. The molecule has 2 aromatic carbocycles. The number of aliphatic carboxylic acids is 1. The van der Waals surface area contributed by atoms with Crippen LogP contribution in [0.5, 0.6) is 0 Å². The molecule has 0 unspecified atom stereocenters. The lowest BCUT2D eigenvalue weighted by molar-refractivity contribution is -0.432. The number of carboxylic acids is 1. The Labute approximate surface area is 327 Å². The second-order valence-corrected chi connectivity index (χ2v) is 20.3. The van der Waals surface area contributed by atoms with E-state index in [1.54, 1.807) is 73.6 Å². The molecule has 0 saturated carbocycles. The lowest BCUT2D eigenvalue weighted by Crippen LogP contribution is -2.30. The third kappa shape index (κ3) is 10.9. The van der Waals surface area contributed by atoms with Crippen LogP contribution < -0.4 is 4.90 Å². The van der Waals surface area contributed by atoms with Crippen LogP contribution in [0.4, 0.5) is 11.4 Å². The Morgan fingerprint density at radius 1 is 0.804 bits per heavy atom. The first-order chi connectivity index (χ1) is 25.6. The number of carboxylic acid groups (broad SMARTS) is 1. The van der Waals surface area contributed by atoms with Gasteiger partial charge >= 0.3 is 5.97 Å². The number of carbonyl (C=O) groups is 1. The summed E-state index contributed by atoms with van der Waals surface area (Å²) < 4.78 is 137. The van der Waals surface area contributed by atoms with E-state index in [0.29, 0.717) is 58.7 Å². The molecule has 4 N–H and O–H groups in total. The third-order valence-electron chi connectivity index (χ3n) is 9.69. The third-order valence-corrected chi connectivity index (χ3v) is 12.8. The summed E-state index contributed by atoms with van der Waals surface area (Å²) in [4.78, 5) is 12.0. The molecule has 16 nitrogen and oxygen atoms in total. The predicted octanol–water partition coefficient (Wildman–Crippen LogP) is 4.35. The number of nitrogens with zero attached hydrogens (tertiary/aromatic N) is 2. The van der Waals surface area contributed by atoms with Gasteiger partial charge in [0.05, 0.1) is 31.1 Å². The summed E-state index contributed by atoms with van der Waals surface area (Å²) in [5.41, 5.74) is 1.75. The molecule has 4 rings (SSSR count). The van der Waals surface area contributed by atoms with Crippen molar-refractivity contribution in [1.82, 2.24) is 0 Å². The lowest BCUT2D eigenvalue weighted by atomic mass is 9.81. The number of fused-ring (bicyclic) bond motifs is 2. The van der Waals surface area contributed by atoms with Crippen LogP contribution in [-0.4, -0.2) is 97.8 Å². The van der Waals surface area contributed by atoms with Gasteiger partial charge in [0.1, 0.15) is 5.75 Å². The number of hydrogen-bond donors (Lipinski definition) is 4. The molecule has 306 valence electrons. The number of rotatable bonds is 17. The first-order valence-electron chi connectivity index (χ1n) is 17.2. The van der Waals surface area contributed by atoms with Crippen LogP contribution in [0.25, 0.3) is 0 Å². The van der Waals surface area contributed by atoms with E-state index >= 15 is 0 Å². The topological polar surface area (TPSA) is 264 Å². The highest BCUT2D eigenvalue weighted by Gasteiger charge is 2.45. The number of unbranched alkanes of at least 4 members (excludes halogenated alkanes) is 1. The Hall–Kier alpha value is -4.02. The molecule has 0 bridgehead atoms. The highest BCUT2D eigenvalue weighted by atomic mass is 32.2. The molecule has 20 heteroatoms. The Morgan fingerprint density at radius 3 is 1.96 bits per heavy atom. The Balaban J connectivity index is 1.78. The Bertz CT molecular complexity index is 2510. The fourth-order valence-electron chi connectivity index (χ4n) is 6.87. The van der Waals surface area contributed by atoms with Gasteiger partial charge in [0.15, 0.2) is 12.3 Å². The summed E-state index contributed by atoms with van der Waals surface area (Å²) in [6.07, 6.45) is 11.4. The highest BCUT2D eigenvalue weighted by molar-refractivity contribution is 7.86. The molecule has 0 aromatic heterocycles. The standard InChI is InChI=1S/C36H44N2O14S4/c1-35(2)28-23-26(55(47,48)49)15-17-30(28)37(19-21-53(41,42)43)32(35)12-7-10-25(9-5-6-14-34(39)40)11-8-13-33-36(3,4)29-24-27(56(50,51)52)16-18-31(29)38(33)20-22-54(44,45)46/h7-8,10-13,15-18,23-24H,5-6,9,14,19-22H2,1-4H3,(H4-,39,40,41,42,43,44,45,46,47,48,49,50,51,52). The van der Waals surface area contributed by atoms with E-state index in [2.05, 4.69) is 0 Å². The molecule has 0 fully saturated rings. The average Bonchev–Trinajstić information content (AvgIpc) is 3.40. The zero-order valence-electron chi connectivity index (χ0n) is 31.0. The maximum Gasteiger partial charge on any atom is 0.303 e. The molecule has 56 heavy (non-hydrogen) atoms. The minimum absolute atomic E-state index is 0.0644. The van der Waals surface area contributed by atoms with Gasteiger partial charge in [-0.15, -0.1) is 0 Å². The van der Waals surface area contributed by atoms with Crippen molar-refractivity contribution in [2.24, 2.45) is 0 Å². The summed E-state index contributed by atoms with van der Waals surface area (Å²) in [6, 6.07) is 7.80. The normalized spacial score (nSPS) is 18.0. The maximum absolute atomic E-state index is 11.9. The first kappa shape index (κ1) is 44.7. The smallest absolute Gasteiger partial charge is 0.303 e. The maximum atomic E-state index is 11.9. The van der Waals surface area contributed by atoms with Crippen LogP contribution in [0.1, 0.15) is 64.5 Å². The van der Waals surface area contributed by atoms with Gasteiger partial charge < -0.3 is 14.6 Å². The van der Waals surface area contributed by atoms with E-state index in [4.69, 9.17) is 5.11 Å².